The van der Waals surface area contributed by atoms with E-state index in [9.17, 15) is 4.79 Å². The van der Waals surface area contributed by atoms with Crippen molar-refractivity contribution in [2.75, 3.05) is 0 Å². The van der Waals surface area contributed by atoms with Gasteiger partial charge in [0.2, 0.25) is 0 Å². The van der Waals surface area contributed by atoms with Crippen LogP contribution in [0.3, 0.4) is 0 Å². The average molecular weight is 260 g/mol. The topological polar surface area (TPSA) is 45.8 Å². The molecular weight excluding hydrogens is 244 g/mol. The maximum Gasteiger partial charge on any atom is 0.259 e. The second kappa shape index (κ2) is 3.92. The number of rotatable bonds is 2. The summed E-state index contributed by atoms with van der Waals surface area (Å²) in [5, 5.41) is 0.879. The Labute approximate surface area is 109 Å². The van der Waals surface area contributed by atoms with E-state index in [-0.39, 0.29) is 5.56 Å². The van der Waals surface area contributed by atoms with Gasteiger partial charge in [0.15, 0.2) is 0 Å². The normalized spacial score (nSPS) is 19.1. The van der Waals surface area contributed by atoms with Crippen LogP contribution in [-0.4, -0.2) is 9.97 Å². The van der Waals surface area contributed by atoms with Gasteiger partial charge < -0.3 is 4.98 Å². The minimum Gasteiger partial charge on any atom is -0.310 e. The smallest absolute Gasteiger partial charge is 0.259 e. The number of aromatic nitrogens is 2. The van der Waals surface area contributed by atoms with Gasteiger partial charge in [-0.1, -0.05) is 19.3 Å². The van der Waals surface area contributed by atoms with Crippen LogP contribution in [0.15, 0.2) is 4.79 Å². The van der Waals surface area contributed by atoms with Crippen LogP contribution in [0.1, 0.15) is 41.9 Å². The van der Waals surface area contributed by atoms with Crippen LogP contribution in [0.2, 0.25) is 0 Å². The number of fused-ring (bicyclic) bond motifs is 3. The van der Waals surface area contributed by atoms with Gasteiger partial charge in [-0.2, -0.15) is 0 Å². The highest BCUT2D eigenvalue weighted by Crippen LogP contribution is 2.35. The third-order valence-corrected chi connectivity index (χ3v) is 5.52. The lowest BCUT2D eigenvalue weighted by atomic mass is 9.83. The minimum atomic E-state index is 0.0914. The predicted molar refractivity (Wildman–Crippen MR) is 73.3 cm³/mol. The molecule has 0 radical (unpaired) electrons. The summed E-state index contributed by atoms with van der Waals surface area (Å²) in [6, 6.07) is 0. The molecule has 2 aliphatic carbocycles. The second-order valence-corrected chi connectivity index (χ2v) is 6.63. The molecule has 2 heterocycles. The Morgan fingerprint density at radius 3 is 2.94 bits per heavy atom. The number of nitrogens with one attached hydrogen (secondary N) is 1. The van der Waals surface area contributed by atoms with Crippen LogP contribution in [0.25, 0.3) is 10.2 Å². The van der Waals surface area contributed by atoms with Gasteiger partial charge in [0, 0.05) is 11.3 Å². The van der Waals surface area contributed by atoms with Gasteiger partial charge in [-0.3, -0.25) is 4.79 Å². The Morgan fingerprint density at radius 2 is 2.17 bits per heavy atom. The quantitative estimate of drug-likeness (QED) is 0.902. The molecule has 2 aliphatic rings. The third kappa shape index (κ3) is 1.55. The molecule has 18 heavy (non-hydrogen) atoms. The molecule has 0 saturated heterocycles. The van der Waals surface area contributed by atoms with Crippen molar-refractivity contribution >= 4 is 21.6 Å². The highest BCUT2D eigenvalue weighted by molar-refractivity contribution is 7.18. The molecule has 3 nitrogen and oxygen atoms in total. The van der Waals surface area contributed by atoms with Crippen molar-refractivity contribution in [3.05, 3.63) is 26.6 Å². The summed E-state index contributed by atoms with van der Waals surface area (Å²) in [6.45, 7) is 0. The Bertz CT molecular complexity index is 666. The lowest BCUT2D eigenvalue weighted by Gasteiger charge is -2.24. The van der Waals surface area contributed by atoms with Crippen LogP contribution >= 0.6 is 11.3 Å². The van der Waals surface area contributed by atoms with Gasteiger partial charge in [-0.15, -0.1) is 11.3 Å². The molecule has 0 unspecified atom stereocenters. The van der Waals surface area contributed by atoms with Gasteiger partial charge in [0.1, 0.15) is 10.7 Å². The van der Waals surface area contributed by atoms with Crippen molar-refractivity contribution < 1.29 is 0 Å². The van der Waals surface area contributed by atoms with Crippen molar-refractivity contribution in [3.8, 4) is 0 Å². The van der Waals surface area contributed by atoms with Gasteiger partial charge in [-0.05, 0) is 30.7 Å². The molecule has 0 aliphatic heterocycles. The zero-order valence-electron chi connectivity index (χ0n) is 10.3. The number of thiophene rings is 1. The summed E-state index contributed by atoms with van der Waals surface area (Å²) in [5.41, 5.74) is 1.37. The Kier molecular flexibility index (Phi) is 2.34. The summed E-state index contributed by atoms with van der Waals surface area (Å²) in [7, 11) is 0. The number of nitrogens with zero attached hydrogens (tertiary/aromatic N) is 1. The van der Waals surface area contributed by atoms with E-state index in [1.54, 1.807) is 11.3 Å². The van der Waals surface area contributed by atoms with Crippen LogP contribution < -0.4 is 5.56 Å². The summed E-state index contributed by atoms with van der Waals surface area (Å²) in [4.78, 5) is 22.3. The average Bonchev–Trinajstić information content (AvgIpc) is 2.82. The predicted octanol–water partition coefficient (Wildman–Crippen LogP) is 2.82. The fourth-order valence-corrected chi connectivity index (χ4v) is 4.39. The standard InChI is InChI=1S/C14H16N2OS/c17-13-12-9-5-2-6-10(9)18-14(12)16-11(15-13)7-8-3-1-4-8/h8H,1-7H2,(H,15,16,17). The summed E-state index contributed by atoms with van der Waals surface area (Å²) >= 11 is 1.74. The molecular formula is C14H16N2OS. The lowest BCUT2D eigenvalue weighted by Crippen LogP contribution is -2.19. The van der Waals surface area contributed by atoms with E-state index in [2.05, 4.69) is 9.97 Å². The molecule has 4 rings (SSSR count). The van der Waals surface area contributed by atoms with E-state index < -0.39 is 0 Å². The van der Waals surface area contributed by atoms with E-state index in [0.29, 0.717) is 0 Å². The van der Waals surface area contributed by atoms with Crippen molar-refractivity contribution in [2.45, 2.75) is 44.9 Å². The van der Waals surface area contributed by atoms with Crippen molar-refractivity contribution in [2.24, 2.45) is 5.92 Å². The summed E-state index contributed by atoms with van der Waals surface area (Å²) in [6.07, 6.45) is 8.26. The fraction of sp³-hybridized carbons (Fsp3) is 0.571. The van der Waals surface area contributed by atoms with Crippen LogP contribution in [0, 0.1) is 5.92 Å². The zero-order chi connectivity index (χ0) is 12.1. The Balaban J connectivity index is 1.81. The van der Waals surface area contributed by atoms with E-state index in [0.717, 1.165) is 41.2 Å². The molecule has 2 aromatic heterocycles. The molecule has 2 aromatic rings. The van der Waals surface area contributed by atoms with Gasteiger partial charge >= 0.3 is 0 Å². The molecule has 1 fully saturated rings. The molecule has 0 aromatic carbocycles. The first-order valence-corrected chi connectivity index (χ1v) is 7.66. The number of aromatic amines is 1. The minimum absolute atomic E-state index is 0.0914. The monoisotopic (exact) mass is 260 g/mol. The van der Waals surface area contributed by atoms with Crippen LogP contribution in [-0.2, 0) is 19.3 Å². The Morgan fingerprint density at radius 1 is 1.28 bits per heavy atom. The van der Waals surface area contributed by atoms with Crippen molar-refractivity contribution in [1.29, 1.82) is 0 Å². The Hall–Kier alpha value is -1.16. The van der Waals surface area contributed by atoms with Crippen LogP contribution in [0.4, 0.5) is 0 Å². The SMILES string of the molecule is O=c1[nH]c(CC2CCC2)nc2sc3c(c12)CCC3. The zero-order valence-corrected chi connectivity index (χ0v) is 11.1. The van der Waals surface area contributed by atoms with Gasteiger partial charge in [0.25, 0.3) is 5.56 Å². The lowest BCUT2D eigenvalue weighted by molar-refractivity contribution is 0.309. The van der Waals surface area contributed by atoms with Gasteiger partial charge in [-0.25, -0.2) is 4.98 Å². The molecule has 0 bridgehead atoms. The molecule has 0 amide bonds. The third-order valence-electron chi connectivity index (χ3n) is 4.33. The molecule has 0 spiro atoms. The van der Waals surface area contributed by atoms with Gasteiger partial charge in [0.05, 0.1) is 5.39 Å². The molecule has 1 saturated carbocycles. The maximum atomic E-state index is 12.2. The van der Waals surface area contributed by atoms with E-state index in [1.165, 1.54) is 36.1 Å². The fourth-order valence-electron chi connectivity index (χ4n) is 3.11. The number of hydrogen-bond donors (Lipinski definition) is 1. The largest absolute Gasteiger partial charge is 0.310 e. The highest BCUT2D eigenvalue weighted by Gasteiger charge is 2.23. The highest BCUT2D eigenvalue weighted by atomic mass is 32.1. The molecule has 94 valence electrons. The summed E-state index contributed by atoms with van der Waals surface area (Å²) < 4.78 is 0. The van der Waals surface area contributed by atoms with E-state index >= 15 is 0 Å². The van der Waals surface area contributed by atoms with Crippen molar-refractivity contribution in [1.82, 2.24) is 9.97 Å². The van der Waals surface area contributed by atoms with E-state index in [4.69, 9.17) is 0 Å². The molecule has 1 N–H and O–H groups in total. The molecule has 0 atom stereocenters. The second-order valence-electron chi connectivity index (χ2n) is 5.55. The number of hydrogen-bond acceptors (Lipinski definition) is 3. The molecule has 4 heteroatoms. The first-order chi connectivity index (χ1) is 8.81. The van der Waals surface area contributed by atoms with E-state index in [1.807, 2.05) is 0 Å². The van der Waals surface area contributed by atoms with Crippen LogP contribution in [0.5, 0.6) is 0 Å². The number of aryl methyl sites for hydroxylation is 2. The van der Waals surface area contributed by atoms with Crippen molar-refractivity contribution in [3.63, 3.8) is 0 Å². The first kappa shape index (κ1) is 10.7. The number of H-pyrrole nitrogens is 1. The maximum absolute atomic E-state index is 12.2. The first-order valence-electron chi connectivity index (χ1n) is 6.84. The summed E-state index contributed by atoms with van der Waals surface area (Å²) in [5.74, 6) is 1.65.